The highest BCUT2D eigenvalue weighted by atomic mass is 19.4. The summed E-state index contributed by atoms with van der Waals surface area (Å²) in [5, 5.41) is 11.9. The number of carbonyl (C=O) groups excluding carboxylic acids is 1. The van der Waals surface area contributed by atoms with Gasteiger partial charge < -0.3 is 29.0 Å². The minimum Gasteiger partial charge on any atom is -0.480 e. The zero-order chi connectivity index (χ0) is 31.1. The summed E-state index contributed by atoms with van der Waals surface area (Å²) >= 11 is 0. The molecule has 2 atom stereocenters. The Morgan fingerprint density at radius 2 is 1.84 bits per heavy atom. The lowest BCUT2D eigenvalue weighted by molar-refractivity contribution is -0.167. The van der Waals surface area contributed by atoms with E-state index in [2.05, 4.69) is 15.3 Å². The van der Waals surface area contributed by atoms with Crippen LogP contribution in [0.4, 0.5) is 27.6 Å². The summed E-state index contributed by atoms with van der Waals surface area (Å²) in [6, 6.07) is 0.360. The van der Waals surface area contributed by atoms with Crippen molar-refractivity contribution in [1.82, 2.24) is 24.3 Å². The third-order valence-electron chi connectivity index (χ3n) is 7.01. The fraction of sp³-hybridized carbons (Fsp3) is 0.296. The number of fused-ring (bicyclic) bond motifs is 1. The van der Waals surface area contributed by atoms with Crippen LogP contribution in [0.25, 0.3) is 16.9 Å². The van der Waals surface area contributed by atoms with Gasteiger partial charge in [0.25, 0.3) is 11.5 Å². The predicted octanol–water partition coefficient (Wildman–Crippen LogP) is 2.57. The van der Waals surface area contributed by atoms with Crippen molar-refractivity contribution in [3.05, 3.63) is 82.3 Å². The number of rotatable bonds is 7. The third-order valence-corrected chi connectivity index (χ3v) is 7.01. The summed E-state index contributed by atoms with van der Waals surface area (Å²) in [6.07, 6.45) is 0.708. The Kier molecular flexibility index (Phi) is 7.88. The van der Waals surface area contributed by atoms with E-state index in [-0.39, 0.29) is 30.9 Å². The van der Waals surface area contributed by atoms with E-state index < -0.39 is 65.2 Å². The lowest BCUT2D eigenvalue weighted by atomic mass is 10.1. The van der Waals surface area contributed by atoms with E-state index >= 15 is 8.78 Å². The molecule has 0 aliphatic carbocycles. The number of carboxylic acids is 1. The number of hydrogen-bond donors (Lipinski definition) is 2. The van der Waals surface area contributed by atoms with Gasteiger partial charge in [-0.15, -0.1) is 0 Å². The largest absolute Gasteiger partial charge is 0.480 e. The maximum atomic E-state index is 15.0. The Labute approximate surface area is 239 Å². The number of anilines is 1. The Morgan fingerprint density at radius 3 is 2.51 bits per heavy atom. The Bertz CT molecular complexity index is 1750. The molecular formula is C27H23F5N6O5. The van der Waals surface area contributed by atoms with Crippen LogP contribution in [0.1, 0.15) is 16.1 Å². The van der Waals surface area contributed by atoms with Gasteiger partial charge in [-0.1, -0.05) is 0 Å². The topological polar surface area (TPSA) is 131 Å². The van der Waals surface area contributed by atoms with Crippen molar-refractivity contribution >= 4 is 23.2 Å². The van der Waals surface area contributed by atoms with Crippen LogP contribution in [0.15, 0.2) is 53.8 Å². The molecule has 0 spiro atoms. The molecule has 1 amide bonds. The number of halogens is 5. The monoisotopic (exact) mass is 606 g/mol. The molecule has 1 aliphatic rings. The summed E-state index contributed by atoms with van der Waals surface area (Å²) in [7, 11) is 1.55. The maximum Gasteiger partial charge on any atom is 0.411 e. The van der Waals surface area contributed by atoms with Crippen LogP contribution >= 0.6 is 0 Å². The van der Waals surface area contributed by atoms with Crippen LogP contribution in [0.3, 0.4) is 0 Å². The minimum atomic E-state index is -4.75. The summed E-state index contributed by atoms with van der Waals surface area (Å²) < 4.78 is 78.1. The number of carbonyl (C=O) groups is 2. The lowest BCUT2D eigenvalue weighted by Crippen LogP contribution is -2.53. The van der Waals surface area contributed by atoms with Crippen LogP contribution in [0.5, 0.6) is 0 Å². The van der Waals surface area contributed by atoms with Crippen LogP contribution in [-0.4, -0.2) is 73.9 Å². The second-order valence-corrected chi connectivity index (χ2v) is 9.73. The zero-order valence-electron chi connectivity index (χ0n) is 22.3. The molecule has 2 N–H and O–H groups in total. The van der Waals surface area contributed by atoms with Gasteiger partial charge in [0.1, 0.15) is 40.6 Å². The number of ether oxygens (including phenoxy) is 1. The zero-order valence-corrected chi connectivity index (χ0v) is 22.3. The number of aromatic nitrogens is 4. The summed E-state index contributed by atoms with van der Waals surface area (Å²) in [5.41, 5.74) is -0.936. The number of alkyl halides is 3. The van der Waals surface area contributed by atoms with E-state index in [1.807, 2.05) is 0 Å². The molecule has 43 heavy (non-hydrogen) atoms. The van der Waals surface area contributed by atoms with Crippen molar-refractivity contribution < 1.29 is 41.4 Å². The Morgan fingerprint density at radius 1 is 1.14 bits per heavy atom. The van der Waals surface area contributed by atoms with E-state index in [4.69, 9.17) is 4.74 Å². The number of morpholine rings is 1. The quantitative estimate of drug-likeness (QED) is 0.307. The first kappa shape index (κ1) is 29.6. The molecule has 1 aromatic carbocycles. The van der Waals surface area contributed by atoms with Crippen LogP contribution in [0.2, 0.25) is 0 Å². The van der Waals surface area contributed by atoms with Crippen LogP contribution in [-0.2, 0) is 23.0 Å². The standard InChI is InChI=1S/C27H23F5N6O5/c1-36-6-4-33-22(25(36)40)16-3-2-14(38-7-5-34-23(16)38)12-19(26(41)42)35-24(39)21-17(28)10-15(11-18(21)29)37-8-9-43-13-20(37)27(30,31)32/h2-7,10-11,19-20H,8-9,12-13H2,1H3,(H,35,39)(H,41,42)/t19-,20+/m0/s1. The third kappa shape index (κ3) is 5.77. The SMILES string of the molecule is Cn1ccnc(-c2ccc(C[C@H](NC(=O)c3c(F)cc(N4CCOC[C@@H]4C(F)(F)F)cc3F)C(=O)O)n3ccnc23)c1=O. The molecule has 3 aromatic heterocycles. The van der Waals surface area contributed by atoms with Crippen molar-refractivity contribution in [1.29, 1.82) is 0 Å². The van der Waals surface area contributed by atoms with E-state index in [9.17, 15) is 32.7 Å². The van der Waals surface area contributed by atoms with Gasteiger partial charge in [-0.05, 0) is 24.3 Å². The minimum absolute atomic E-state index is 0.101. The number of aryl methyl sites for hydroxylation is 1. The average Bonchev–Trinajstić information content (AvgIpc) is 3.44. The fourth-order valence-corrected chi connectivity index (χ4v) is 4.87. The normalized spacial score (nSPS) is 16.3. The highest BCUT2D eigenvalue weighted by Crippen LogP contribution is 2.32. The fourth-order valence-electron chi connectivity index (χ4n) is 4.87. The molecule has 0 radical (unpaired) electrons. The van der Waals surface area contributed by atoms with Gasteiger partial charge in [0.05, 0.1) is 13.2 Å². The highest BCUT2D eigenvalue weighted by Gasteiger charge is 2.46. The lowest BCUT2D eigenvalue weighted by Gasteiger charge is -2.38. The molecule has 11 nitrogen and oxygen atoms in total. The number of nitrogens with one attached hydrogen (secondary N) is 1. The number of carboxylic acid groups (broad SMARTS) is 1. The summed E-state index contributed by atoms with van der Waals surface area (Å²) in [5.74, 6) is -5.88. The molecule has 1 fully saturated rings. The van der Waals surface area contributed by atoms with Crippen LogP contribution < -0.4 is 15.8 Å². The van der Waals surface area contributed by atoms with Gasteiger partial charge >= 0.3 is 12.1 Å². The predicted molar refractivity (Wildman–Crippen MR) is 141 cm³/mol. The number of nitrogens with zero attached hydrogens (tertiary/aromatic N) is 5. The molecule has 4 aromatic rings. The first-order valence-corrected chi connectivity index (χ1v) is 12.8. The molecule has 5 rings (SSSR count). The Balaban J connectivity index is 1.41. The molecule has 226 valence electrons. The molecule has 0 unspecified atom stereocenters. The van der Waals surface area contributed by atoms with Gasteiger partial charge in [-0.3, -0.25) is 9.59 Å². The van der Waals surface area contributed by atoms with Gasteiger partial charge in [0.15, 0.2) is 0 Å². The van der Waals surface area contributed by atoms with Crippen molar-refractivity contribution in [2.75, 3.05) is 24.7 Å². The smallest absolute Gasteiger partial charge is 0.411 e. The highest BCUT2D eigenvalue weighted by molar-refractivity contribution is 5.97. The van der Waals surface area contributed by atoms with Crippen LogP contribution in [0, 0.1) is 11.6 Å². The number of hydrogen-bond acceptors (Lipinski definition) is 7. The first-order chi connectivity index (χ1) is 20.4. The molecule has 1 saturated heterocycles. The number of benzene rings is 1. The molecule has 0 saturated carbocycles. The average molecular weight is 607 g/mol. The number of amides is 1. The van der Waals surface area contributed by atoms with E-state index in [0.717, 1.165) is 4.90 Å². The second-order valence-electron chi connectivity index (χ2n) is 9.73. The first-order valence-electron chi connectivity index (χ1n) is 12.8. The van der Waals surface area contributed by atoms with Gasteiger partial charge in [0, 0.05) is 61.7 Å². The molecule has 4 heterocycles. The van der Waals surface area contributed by atoms with Crippen molar-refractivity contribution in [3.8, 4) is 11.3 Å². The number of aliphatic carboxylic acids is 1. The van der Waals surface area contributed by atoms with Crippen molar-refractivity contribution in [2.24, 2.45) is 7.05 Å². The van der Waals surface area contributed by atoms with E-state index in [1.165, 1.54) is 45.9 Å². The number of pyridine rings is 1. The summed E-state index contributed by atoms with van der Waals surface area (Å²) in [6.45, 7) is -1.15. The Hall–Kier alpha value is -4.86. The summed E-state index contributed by atoms with van der Waals surface area (Å²) in [4.78, 5) is 46.6. The van der Waals surface area contributed by atoms with Crippen molar-refractivity contribution in [2.45, 2.75) is 24.7 Å². The van der Waals surface area contributed by atoms with Gasteiger partial charge in [-0.2, -0.15) is 13.2 Å². The van der Waals surface area contributed by atoms with E-state index in [1.54, 1.807) is 7.05 Å². The molecule has 0 bridgehead atoms. The molecule has 1 aliphatic heterocycles. The number of imidazole rings is 1. The molecular weight excluding hydrogens is 583 g/mol. The molecule has 16 heteroatoms. The van der Waals surface area contributed by atoms with Crippen molar-refractivity contribution in [3.63, 3.8) is 0 Å². The second kappa shape index (κ2) is 11.4. The van der Waals surface area contributed by atoms with Gasteiger partial charge in [-0.25, -0.2) is 23.5 Å². The van der Waals surface area contributed by atoms with Gasteiger partial charge in [0.2, 0.25) is 0 Å². The van der Waals surface area contributed by atoms with E-state index in [0.29, 0.717) is 23.4 Å². The maximum absolute atomic E-state index is 15.0.